The van der Waals surface area contributed by atoms with Gasteiger partial charge in [-0.05, 0) is 23.1 Å². The van der Waals surface area contributed by atoms with Crippen molar-refractivity contribution >= 4 is 5.91 Å². The Morgan fingerprint density at radius 3 is 2.37 bits per heavy atom. The van der Waals surface area contributed by atoms with E-state index in [1.54, 1.807) is 12.1 Å². The fourth-order valence-corrected chi connectivity index (χ4v) is 3.86. The minimum Gasteiger partial charge on any atom is -0.372 e. The molecule has 0 saturated heterocycles. The topological polar surface area (TPSA) is 82.2 Å². The van der Waals surface area contributed by atoms with Crippen LogP contribution in [-0.2, 0) is 16.1 Å². The first-order valence-corrected chi connectivity index (χ1v) is 11.7. The number of aromatic nitrogens is 2. The number of rotatable bonds is 10. The van der Waals surface area contributed by atoms with Gasteiger partial charge in [0.1, 0.15) is 23.9 Å². The van der Waals surface area contributed by atoms with Crippen molar-refractivity contribution in [1.29, 1.82) is 0 Å². The molecule has 2 aromatic carbocycles. The van der Waals surface area contributed by atoms with Gasteiger partial charge in [-0.2, -0.15) is 0 Å². The van der Waals surface area contributed by atoms with Crippen LogP contribution < -0.4 is 11.1 Å². The summed E-state index contributed by atoms with van der Waals surface area (Å²) < 4.78 is 34.6. The molecular weight excluding hydrogens is 450 g/mol. The fourth-order valence-electron chi connectivity index (χ4n) is 3.86. The second-order valence-electron chi connectivity index (χ2n) is 9.71. The van der Waals surface area contributed by atoms with Crippen molar-refractivity contribution in [3.05, 3.63) is 78.0 Å². The SMILES string of the molecule is COC(C[C@@H](F)CN)C(=O)N[C@@H](c1nc(-c2ccccc2)cn1Cc1ccc(F)cc1)C(C)(C)C. The molecule has 1 unspecified atom stereocenters. The van der Waals surface area contributed by atoms with Gasteiger partial charge in [0.05, 0.1) is 11.7 Å². The molecule has 1 aromatic heterocycles. The number of carbonyl (C=O) groups excluding carboxylic acids is 1. The van der Waals surface area contributed by atoms with Gasteiger partial charge < -0.3 is 20.4 Å². The third kappa shape index (κ3) is 6.96. The van der Waals surface area contributed by atoms with E-state index in [9.17, 15) is 13.6 Å². The Morgan fingerprint density at radius 1 is 1.14 bits per heavy atom. The number of carbonyl (C=O) groups is 1. The zero-order chi connectivity index (χ0) is 25.6. The molecule has 8 heteroatoms. The molecule has 0 fully saturated rings. The maximum absolute atomic E-state index is 13.9. The molecule has 35 heavy (non-hydrogen) atoms. The Morgan fingerprint density at radius 2 is 1.80 bits per heavy atom. The van der Waals surface area contributed by atoms with Crippen molar-refractivity contribution in [2.75, 3.05) is 13.7 Å². The average Bonchev–Trinajstić information content (AvgIpc) is 3.25. The summed E-state index contributed by atoms with van der Waals surface area (Å²) in [5.41, 5.74) is 7.54. The van der Waals surface area contributed by atoms with Crippen LogP contribution in [0.3, 0.4) is 0 Å². The Balaban J connectivity index is 2.01. The Kier molecular flexibility index (Phi) is 8.75. The van der Waals surface area contributed by atoms with Crippen molar-refractivity contribution in [3.8, 4) is 11.3 Å². The summed E-state index contributed by atoms with van der Waals surface area (Å²) in [5.74, 6) is -0.0979. The van der Waals surface area contributed by atoms with E-state index in [-0.39, 0.29) is 18.8 Å². The average molecular weight is 485 g/mol. The highest BCUT2D eigenvalue weighted by atomic mass is 19.1. The summed E-state index contributed by atoms with van der Waals surface area (Å²) in [5, 5.41) is 3.04. The standard InChI is InChI=1S/C27H34F2N4O2/c1-27(2,3)24(32-26(34)23(35-4)14-21(29)15-30)25-31-22(19-8-6-5-7-9-19)17-33(25)16-18-10-12-20(28)13-11-18/h5-13,17,21,23-24H,14-16,30H2,1-4H3,(H,32,34)/t21-,23?,24+/m1/s1. The zero-order valence-corrected chi connectivity index (χ0v) is 20.7. The minimum atomic E-state index is -1.34. The summed E-state index contributed by atoms with van der Waals surface area (Å²) in [6, 6.07) is 15.5. The molecule has 3 rings (SSSR count). The number of hydrogen-bond donors (Lipinski definition) is 2. The van der Waals surface area contributed by atoms with E-state index in [1.165, 1.54) is 19.2 Å². The minimum absolute atomic E-state index is 0.130. The van der Waals surface area contributed by atoms with Crippen LogP contribution in [0.5, 0.6) is 0 Å². The highest BCUT2D eigenvalue weighted by Crippen LogP contribution is 2.34. The lowest BCUT2D eigenvalue weighted by atomic mass is 9.85. The van der Waals surface area contributed by atoms with Gasteiger partial charge >= 0.3 is 0 Å². The number of nitrogens with two attached hydrogens (primary N) is 1. The van der Waals surface area contributed by atoms with Crippen LogP contribution in [0.4, 0.5) is 8.78 Å². The van der Waals surface area contributed by atoms with Crippen molar-refractivity contribution in [2.24, 2.45) is 11.1 Å². The van der Waals surface area contributed by atoms with Gasteiger partial charge in [0.2, 0.25) is 5.91 Å². The van der Waals surface area contributed by atoms with Crippen LogP contribution in [0, 0.1) is 11.2 Å². The molecule has 3 N–H and O–H groups in total. The van der Waals surface area contributed by atoms with Crippen molar-refractivity contribution in [1.82, 2.24) is 14.9 Å². The van der Waals surface area contributed by atoms with E-state index in [4.69, 9.17) is 15.5 Å². The third-order valence-corrected chi connectivity index (χ3v) is 5.86. The second kappa shape index (κ2) is 11.6. The normalized spacial score (nSPS) is 14.4. The number of amides is 1. The van der Waals surface area contributed by atoms with Crippen LogP contribution in [0.2, 0.25) is 0 Å². The molecule has 0 aliphatic rings. The second-order valence-corrected chi connectivity index (χ2v) is 9.71. The van der Waals surface area contributed by atoms with E-state index >= 15 is 0 Å². The van der Waals surface area contributed by atoms with Crippen molar-refractivity contribution < 1.29 is 18.3 Å². The Labute approximate surface area is 205 Å². The monoisotopic (exact) mass is 484 g/mol. The quantitative estimate of drug-likeness (QED) is 0.439. The van der Waals surface area contributed by atoms with Gasteiger partial charge in [-0.25, -0.2) is 13.8 Å². The number of hydrogen-bond acceptors (Lipinski definition) is 4. The van der Waals surface area contributed by atoms with Crippen LogP contribution in [0.25, 0.3) is 11.3 Å². The first-order chi connectivity index (χ1) is 16.6. The summed E-state index contributed by atoms with van der Waals surface area (Å²) in [6.45, 7) is 6.24. The molecule has 0 saturated carbocycles. The van der Waals surface area contributed by atoms with Crippen LogP contribution in [-0.4, -0.2) is 41.4 Å². The predicted molar refractivity (Wildman–Crippen MR) is 133 cm³/mol. The summed E-state index contributed by atoms with van der Waals surface area (Å²) in [4.78, 5) is 18.0. The molecule has 0 aliphatic carbocycles. The van der Waals surface area contributed by atoms with Crippen LogP contribution in [0.15, 0.2) is 60.8 Å². The molecular formula is C27H34F2N4O2. The highest BCUT2D eigenvalue weighted by Gasteiger charge is 2.34. The van der Waals surface area contributed by atoms with E-state index in [2.05, 4.69) is 5.32 Å². The van der Waals surface area contributed by atoms with Crippen molar-refractivity contribution in [2.45, 2.75) is 52.1 Å². The van der Waals surface area contributed by atoms with E-state index in [0.717, 1.165) is 16.8 Å². The number of halogens is 2. The summed E-state index contributed by atoms with van der Waals surface area (Å²) in [7, 11) is 1.38. The molecule has 3 aromatic rings. The first kappa shape index (κ1) is 26.5. The molecule has 0 radical (unpaired) electrons. The molecule has 0 bridgehead atoms. The smallest absolute Gasteiger partial charge is 0.249 e. The molecule has 0 spiro atoms. The van der Waals surface area contributed by atoms with Gasteiger partial charge in [-0.3, -0.25) is 4.79 Å². The Bertz CT molecular complexity index is 1090. The van der Waals surface area contributed by atoms with Gasteiger partial charge in [-0.15, -0.1) is 0 Å². The maximum atomic E-state index is 13.9. The number of nitrogens with zero attached hydrogens (tertiary/aromatic N) is 2. The van der Waals surface area contributed by atoms with Gasteiger partial charge in [0.25, 0.3) is 0 Å². The number of benzene rings is 2. The largest absolute Gasteiger partial charge is 0.372 e. The lowest BCUT2D eigenvalue weighted by Gasteiger charge is -2.32. The van der Waals surface area contributed by atoms with Gasteiger partial charge in [0.15, 0.2) is 0 Å². The highest BCUT2D eigenvalue weighted by molar-refractivity contribution is 5.81. The van der Waals surface area contributed by atoms with Crippen LogP contribution in [0.1, 0.15) is 44.6 Å². The fraction of sp³-hybridized carbons (Fsp3) is 0.407. The molecule has 3 atom stereocenters. The van der Waals surface area contributed by atoms with Crippen molar-refractivity contribution in [3.63, 3.8) is 0 Å². The number of methoxy groups -OCH3 is 1. The first-order valence-electron chi connectivity index (χ1n) is 11.7. The summed E-state index contributed by atoms with van der Waals surface area (Å²) in [6.07, 6.45) is -0.523. The number of nitrogens with one attached hydrogen (secondary N) is 1. The lowest BCUT2D eigenvalue weighted by Crippen LogP contribution is -2.45. The summed E-state index contributed by atoms with van der Waals surface area (Å²) >= 11 is 0. The van der Waals surface area contributed by atoms with E-state index in [1.807, 2.05) is 61.9 Å². The Hall–Kier alpha value is -3.10. The number of ether oxygens (including phenoxy) is 1. The molecule has 188 valence electrons. The van der Waals surface area contributed by atoms with Crippen LogP contribution >= 0.6 is 0 Å². The number of imidazole rings is 1. The molecule has 1 amide bonds. The van der Waals surface area contributed by atoms with E-state index < -0.39 is 29.6 Å². The third-order valence-electron chi connectivity index (χ3n) is 5.86. The van der Waals surface area contributed by atoms with E-state index in [0.29, 0.717) is 12.4 Å². The zero-order valence-electron chi connectivity index (χ0n) is 20.7. The lowest BCUT2D eigenvalue weighted by molar-refractivity contribution is -0.134. The molecule has 1 heterocycles. The molecule has 0 aliphatic heterocycles. The molecule has 6 nitrogen and oxygen atoms in total. The number of alkyl halides is 1. The maximum Gasteiger partial charge on any atom is 0.249 e. The predicted octanol–water partition coefficient (Wildman–Crippen LogP) is 4.64. The van der Waals surface area contributed by atoms with Gasteiger partial charge in [-0.1, -0.05) is 63.2 Å². The van der Waals surface area contributed by atoms with Gasteiger partial charge in [0, 0.05) is 38.4 Å².